The Bertz CT molecular complexity index is 533. The van der Waals surface area contributed by atoms with Crippen molar-refractivity contribution >= 4 is 67.2 Å². The quantitative estimate of drug-likeness (QED) is 0.487. The summed E-state index contributed by atoms with van der Waals surface area (Å²) in [5.41, 5.74) is 0.692. The van der Waals surface area contributed by atoms with Crippen LogP contribution in [0.5, 0.6) is 0 Å². The Morgan fingerprint density at radius 1 is 1.38 bits per heavy atom. The molecule has 1 aromatic carbocycles. The second-order valence-corrected chi connectivity index (χ2v) is 7.09. The molecule has 0 radical (unpaired) electrons. The minimum Gasteiger partial charge on any atom is -0.288 e. The lowest BCUT2D eigenvalue weighted by atomic mass is 10.1. The van der Waals surface area contributed by atoms with Crippen LogP contribution in [-0.4, -0.2) is 5.78 Å². The van der Waals surface area contributed by atoms with Crippen molar-refractivity contribution < 1.29 is 4.79 Å². The van der Waals surface area contributed by atoms with Crippen LogP contribution in [0.15, 0.2) is 34.1 Å². The van der Waals surface area contributed by atoms with Crippen molar-refractivity contribution in [3.8, 4) is 0 Å². The Morgan fingerprint density at radius 3 is 2.69 bits per heavy atom. The maximum Gasteiger partial charge on any atom is 0.203 e. The van der Waals surface area contributed by atoms with E-state index in [4.69, 9.17) is 11.6 Å². The molecule has 0 aliphatic rings. The van der Waals surface area contributed by atoms with E-state index in [-0.39, 0.29) is 5.78 Å². The molecule has 0 spiro atoms. The van der Waals surface area contributed by atoms with Gasteiger partial charge in [-0.3, -0.25) is 4.79 Å². The molecule has 16 heavy (non-hydrogen) atoms. The Labute approximate surface area is 124 Å². The smallest absolute Gasteiger partial charge is 0.203 e. The number of thiophene rings is 1. The van der Waals surface area contributed by atoms with E-state index in [0.717, 1.165) is 7.36 Å². The van der Waals surface area contributed by atoms with Crippen molar-refractivity contribution in [2.24, 2.45) is 0 Å². The van der Waals surface area contributed by atoms with Gasteiger partial charge in [0.05, 0.1) is 13.7 Å². The topological polar surface area (TPSA) is 17.1 Å². The first-order chi connectivity index (χ1) is 7.58. The number of carbonyl (C=O) groups is 1. The van der Waals surface area contributed by atoms with E-state index in [0.29, 0.717) is 15.5 Å². The van der Waals surface area contributed by atoms with Crippen LogP contribution in [0.3, 0.4) is 0 Å². The Hall–Kier alpha value is 0.0900. The van der Waals surface area contributed by atoms with Gasteiger partial charge in [-0.15, -0.1) is 11.3 Å². The van der Waals surface area contributed by atoms with Crippen molar-refractivity contribution in [1.82, 2.24) is 0 Å². The second kappa shape index (κ2) is 5.16. The van der Waals surface area contributed by atoms with E-state index in [2.05, 4.69) is 38.5 Å². The normalized spacial score (nSPS) is 10.4. The van der Waals surface area contributed by atoms with Crippen molar-refractivity contribution in [3.05, 3.63) is 53.2 Å². The molecule has 0 saturated carbocycles. The van der Waals surface area contributed by atoms with Gasteiger partial charge in [-0.25, -0.2) is 0 Å². The van der Waals surface area contributed by atoms with Crippen LogP contribution in [0.4, 0.5) is 0 Å². The fourth-order valence-electron chi connectivity index (χ4n) is 1.23. The number of hydrogen-bond acceptors (Lipinski definition) is 2. The highest BCUT2D eigenvalue weighted by Gasteiger charge is 2.14. The van der Waals surface area contributed by atoms with Gasteiger partial charge in [0.2, 0.25) is 5.78 Å². The first kappa shape index (κ1) is 12.5. The van der Waals surface area contributed by atoms with E-state index < -0.39 is 0 Å². The molecule has 2 rings (SSSR count). The highest BCUT2D eigenvalue weighted by molar-refractivity contribution is 14.1. The maximum atomic E-state index is 12.1. The molecule has 0 amide bonds. The first-order valence-electron chi connectivity index (χ1n) is 4.33. The highest BCUT2D eigenvalue weighted by atomic mass is 127. The number of ketones is 1. The lowest BCUT2D eigenvalue weighted by Gasteiger charge is -1.98. The highest BCUT2D eigenvalue weighted by Crippen LogP contribution is 2.33. The Morgan fingerprint density at radius 2 is 2.12 bits per heavy atom. The Kier molecular flexibility index (Phi) is 4.05. The van der Waals surface area contributed by atoms with Gasteiger partial charge in [0.25, 0.3) is 0 Å². The molecule has 0 saturated heterocycles. The molecule has 82 valence electrons. The summed E-state index contributed by atoms with van der Waals surface area (Å²) in [7, 11) is 0. The summed E-state index contributed by atoms with van der Waals surface area (Å²) in [4.78, 5) is 12.7. The zero-order chi connectivity index (χ0) is 11.7. The molecule has 0 fully saturated rings. The van der Waals surface area contributed by atoms with Crippen LogP contribution < -0.4 is 0 Å². The van der Waals surface area contributed by atoms with Gasteiger partial charge in [0, 0.05) is 9.13 Å². The van der Waals surface area contributed by atoms with Gasteiger partial charge in [0.15, 0.2) is 0 Å². The molecule has 0 aliphatic heterocycles. The number of rotatable bonds is 2. The third-order valence-electron chi connectivity index (χ3n) is 1.96. The van der Waals surface area contributed by atoms with E-state index in [9.17, 15) is 4.79 Å². The van der Waals surface area contributed by atoms with Crippen LogP contribution in [0.2, 0.25) is 5.02 Å². The zero-order valence-corrected chi connectivity index (χ0v) is 13.2. The van der Waals surface area contributed by atoms with Crippen molar-refractivity contribution in [1.29, 1.82) is 0 Å². The van der Waals surface area contributed by atoms with Gasteiger partial charge >= 0.3 is 0 Å². The summed E-state index contributed by atoms with van der Waals surface area (Å²) < 4.78 is 1.84. The summed E-state index contributed by atoms with van der Waals surface area (Å²) >= 11 is 12.7. The third-order valence-corrected chi connectivity index (χ3v) is 5.10. The SMILES string of the molecule is O=C(c1cccc(I)c1)c1cc(Cl)c(Br)s1. The fourth-order valence-corrected chi connectivity index (χ4v) is 3.44. The average Bonchev–Trinajstić information content (AvgIpc) is 2.58. The monoisotopic (exact) mass is 426 g/mol. The minimum absolute atomic E-state index is 0.0103. The summed E-state index contributed by atoms with van der Waals surface area (Å²) in [6, 6.07) is 9.20. The van der Waals surface area contributed by atoms with Crippen LogP contribution in [0.25, 0.3) is 0 Å². The first-order valence-corrected chi connectivity index (χ1v) is 7.39. The van der Waals surface area contributed by atoms with Gasteiger partial charge in [0.1, 0.15) is 0 Å². The number of hydrogen-bond donors (Lipinski definition) is 0. The largest absolute Gasteiger partial charge is 0.288 e. The third kappa shape index (κ3) is 2.67. The van der Waals surface area contributed by atoms with Crippen LogP contribution in [0, 0.1) is 3.57 Å². The molecule has 0 atom stereocenters. The molecule has 0 unspecified atom stereocenters. The molecule has 0 bridgehead atoms. The van der Waals surface area contributed by atoms with Gasteiger partial charge < -0.3 is 0 Å². The molecule has 5 heteroatoms. The van der Waals surface area contributed by atoms with Crippen LogP contribution >= 0.6 is 61.5 Å². The summed E-state index contributed by atoms with van der Waals surface area (Å²) in [5.74, 6) is 0.0103. The molecular weight excluding hydrogens is 422 g/mol. The molecule has 0 aliphatic carbocycles. The molecular formula is C11H5BrClIOS. The summed E-state index contributed by atoms with van der Waals surface area (Å²) in [5, 5.41) is 0.582. The number of benzene rings is 1. The van der Waals surface area contributed by atoms with E-state index in [1.165, 1.54) is 11.3 Å². The molecule has 2 aromatic rings. The van der Waals surface area contributed by atoms with E-state index in [1.807, 2.05) is 24.3 Å². The average molecular weight is 427 g/mol. The zero-order valence-electron chi connectivity index (χ0n) is 7.84. The van der Waals surface area contributed by atoms with Crippen molar-refractivity contribution in [3.63, 3.8) is 0 Å². The molecule has 1 heterocycles. The fraction of sp³-hybridized carbons (Fsp3) is 0. The van der Waals surface area contributed by atoms with Crippen LogP contribution in [0.1, 0.15) is 15.2 Å². The summed E-state index contributed by atoms with van der Waals surface area (Å²) in [6.45, 7) is 0. The Balaban J connectivity index is 2.39. The minimum atomic E-state index is 0.0103. The predicted octanol–water partition coefficient (Wildman–Crippen LogP) is 5.00. The maximum absolute atomic E-state index is 12.1. The number of carbonyl (C=O) groups excluding carboxylic acids is 1. The lowest BCUT2D eigenvalue weighted by Crippen LogP contribution is -1.98. The van der Waals surface area contributed by atoms with E-state index in [1.54, 1.807) is 6.07 Å². The van der Waals surface area contributed by atoms with Gasteiger partial charge in [-0.1, -0.05) is 23.7 Å². The standard InChI is InChI=1S/C11H5BrClIOS/c12-11-8(13)5-9(16-11)10(15)6-2-1-3-7(14)4-6/h1-5H. The predicted molar refractivity (Wildman–Crippen MR) is 79.6 cm³/mol. The summed E-state index contributed by atoms with van der Waals surface area (Å²) in [6.07, 6.45) is 0. The second-order valence-electron chi connectivity index (χ2n) is 3.07. The van der Waals surface area contributed by atoms with Gasteiger partial charge in [-0.05, 0) is 56.7 Å². The van der Waals surface area contributed by atoms with Gasteiger partial charge in [-0.2, -0.15) is 0 Å². The molecule has 0 N–H and O–H groups in total. The van der Waals surface area contributed by atoms with E-state index >= 15 is 0 Å². The van der Waals surface area contributed by atoms with Crippen molar-refractivity contribution in [2.45, 2.75) is 0 Å². The lowest BCUT2D eigenvalue weighted by molar-refractivity contribution is 0.104. The number of halogens is 3. The molecule has 1 aromatic heterocycles. The van der Waals surface area contributed by atoms with Crippen LogP contribution in [-0.2, 0) is 0 Å². The van der Waals surface area contributed by atoms with Crippen molar-refractivity contribution in [2.75, 3.05) is 0 Å². The molecule has 1 nitrogen and oxygen atoms in total.